The van der Waals surface area contributed by atoms with E-state index in [0.717, 1.165) is 12.1 Å². The Labute approximate surface area is 91.6 Å². The summed E-state index contributed by atoms with van der Waals surface area (Å²) in [6.07, 6.45) is 0. The van der Waals surface area contributed by atoms with Gasteiger partial charge in [0.15, 0.2) is 0 Å². The summed E-state index contributed by atoms with van der Waals surface area (Å²) in [6, 6.07) is 2.08. The average Bonchev–Trinajstić information content (AvgIpc) is 2.20. The monoisotopic (exact) mass is 224 g/mol. The largest absolute Gasteiger partial charge is 0.394 e. The number of nitrogen functional groups attached to an aromatic ring is 1. The number of rotatable bonds is 1. The van der Waals surface area contributed by atoms with E-state index in [1.807, 2.05) is 0 Å². The van der Waals surface area contributed by atoms with E-state index in [2.05, 4.69) is 17.2 Å². The van der Waals surface area contributed by atoms with Gasteiger partial charge in [0.1, 0.15) is 17.3 Å². The molecule has 0 fully saturated rings. The zero-order chi connectivity index (χ0) is 12.1. The third-order valence-corrected chi connectivity index (χ3v) is 1.74. The predicted octanol–water partition coefficient (Wildman–Crippen LogP) is 1.03. The Balaban J connectivity index is 2.78. The van der Waals surface area contributed by atoms with Crippen molar-refractivity contribution in [3.63, 3.8) is 0 Å². The minimum Gasteiger partial charge on any atom is -0.394 e. The Morgan fingerprint density at radius 3 is 2.50 bits per heavy atom. The van der Waals surface area contributed by atoms with Gasteiger partial charge in [0.05, 0.1) is 6.54 Å². The number of hydrogen-bond acceptors (Lipinski definition) is 2. The highest BCUT2D eigenvalue weighted by Crippen LogP contribution is 2.16. The number of benzene rings is 1. The Morgan fingerprint density at radius 2 is 2.00 bits per heavy atom. The van der Waals surface area contributed by atoms with Crippen molar-refractivity contribution in [2.75, 3.05) is 12.3 Å². The number of halogens is 2. The van der Waals surface area contributed by atoms with Gasteiger partial charge >= 0.3 is 0 Å². The highest BCUT2D eigenvalue weighted by atomic mass is 19.1. The Bertz CT molecular complexity index is 452. The van der Waals surface area contributed by atoms with Crippen LogP contribution in [-0.4, -0.2) is 12.5 Å². The maximum Gasteiger partial charge on any atom is 0.217 e. The Morgan fingerprint density at radius 1 is 1.44 bits per heavy atom. The number of carbonyl (C=O) groups excluding carboxylic acids is 1. The molecule has 0 saturated carbocycles. The fourth-order valence-electron chi connectivity index (χ4n) is 0.971. The molecule has 0 spiro atoms. The summed E-state index contributed by atoms with van der Waals surface area (Å²) in [5, 5.41) is 2.43. The van der Waals surface area contributed by atoms with Crippen LogP contribution >= 0.6 is 0 Å². The molecule has 0 unspecified atom stereocenters. The van der Waals surface area contributed by atoms with Gasteiger partial charge < -0.3 is 11.1 Å². The molecule has 0 aromatic heterocycles. The Kier molecular flexibility index (Phi) is 3.84. The second-order valence-electron chi connectivity index (χ2n) is 3.07. The first-order valence-corrected chi connectivity index (χ1v) is 4.48. The van der Waals surface area contributed by atoms with Crippen LogP contribution < -0.4 is 11.1 Å². The van der Waals surface area contributed by atoms with Crippen LogP contribution in [0.5, 0.6) is 0 Å². The van der Waals surface area contributed by atoms with Crippen molar-refractivity contribution in [2.45, 2.75) is 6.92 Å². The van der Waals surface area contributed by atoms with Crippen LogP contribution in [0.2, 0.25) is 0 Å². The molecule has 0 saturated heterocycles. The fourth-order valence-corrected chi connectivity index (χ4v) is 0.971. The van der Waals surface area contributed by atoms with Crippen LogP contribution in [0, 0.1) is 23.5 Å². The summed E-state index contributed by atoms with van der Waals surface area (Å²) in [5.74, 6) is 3.15. The van der Waals surface area contributed by atoms with Gasteiger partial charge in [0.25, 0.3) is 0 Å². The average molecular weight is 224 g/mol. The molecular formula is C11H10F2N2O. The van der Waals surface area contributed by atoms with E-state index in [0.29, 0.717) is 0 Å². The van der Waals surface area contributed by atoms with Crippen molar-refractivity contribution in [3.8, 4) is 11.8 Å². The molecule has 16 heavy (non-hydrogen) atoms. The molecule has 1 aromatic rings. The summed E-state index contributed by atoms with van der Waals surface area (Å²) < 4.78 is 25.9. The minimum absolute atomic E-state index is 0.128. The molecule has 0 aliphatic heterocycles. The second-order valence-corrected chi connectivity index (χ2v) is 3.07. The van der Waals surface area contributed by atoms with Crippen molar-refractivity contribution in [3.05, 3.63) is 29.3 Å². The first-order chi connectivity index (χ1) is 7.50. The summed E-state index contributed by atoms with van der Waals surface area (Å²) in [5.41, 5.74) is 4.74. The molecule has 5 heteroatoms. The molecule has 84 valence electrons. The normalized spacial score (nSPS) is 9.19. The molecule has 1 rings (SSSR count). The minimum atomic E-state index is -0.844. The topological polar surface area (TPSA) is 55.1 Å². The fraction of sp³-hybridized carbons (Fsp3) is 0.182. The van der Waals surface area contributed by atoms with Crippen molar-refractivity contribution in [1.82, 2.24) is 5.32 Å². The van der Waals surface area contributed by atoms with Gasteiger partial charge in [-0.2, -0.15) is 0 Å². The summed E-state index contributed by atoms with van der Waals surface area (Å²) in [7, 11) is 0. The highest BCUT2D eigenvalue weighted by molar-refractivity contribution is 5.73. The van der Waals surface area contributed by atoms with Gasteiger partial charge in [0, 0.05) is 12.5 Å². The predicted molar refractivity (Wildman–Crippen MR) is 56.3 cm³/mol. The first kappa shape index (κ1) is 12.0. The molecule has 0 radical (unpaired) electrons. The quantitative estimate of drug-likeness (QED) is 0.553. The van der Waals surface area contributed by atoms with Gasteiger partial charge in [-0.15, -0.1) is 0 Å². The van der Waals surface area contributed by atoms with E-state index < -0.39 is 17.3 Å². The molecule has 3 nitrogen and oxygen atoms in total. The smallest absolute Gasteiger partial charge is 0.217 e. The molecule has 0 heterocycles. The second kappa shape index (κ2) is 5.12. The summed E-state index contributed by atoms with van der Waals surface area (Å²) in [6.45, 7) is 1.48. The lowest BCUT2D eigenvalue weighted by Gasteiger charge is -1.98. The molecule has 0 aliphatic rings. The van der Waals surface area contributed by atoms with E-state index in [1.165, 1.54) is 6.92 Å². The van der Waals surface area contributed by atoms with Crippen molar-refractivity contribution in [2.24, 2.45) is 0 Å². The number of hydrogen-bond donors (Lipinski definition) is 2. The van der Waals surface area contributed by atoms with Crippen molar-refractivity contribution < 1.29 is 13.6 Å². The Hall–Kier alpha value is -2.09. The van der Waals surface area contributed by atoms with Crippen LogP contribution in [0.15, 0.2) is 12.1 Å². The van der Waals surface area contributed by atoms with Gasteiger partial charge in [-0.05, 0) is 12.1 Å². The van der Waals surface area contributed by atoms with Gasteiger partial charge in [-0.1, -0.05) is 11.8 Å². The van der Waals surface area contributed by atoms with E-state index in [1.54, 1.807) is 0 Å². The van der Waals surface area contributed by atoms with Gasteiger partial charge in [-0.3, -0.25) is 4.79 Å². The SMILES string of the molecule is CC(=O)NCC#Cc1cc(F)c(N)c(F)c1. The highest BCUT2D eigenvalue weighted by Gasteiger charge is 2.05. The molecule has 1 aromatic carbocycles. The van der Waals surface area contributed by atoms with Crippen LogP contribution in [-0.2, 0) is 4.79 Å². The summed E-state index contributed by atoms with van der Waals surface area (Å²) in [4.78, 5) is 10.5. The van der Waals surface area contributed by atoms with Crippen molar-refractivity contribution in [1.29, 1.82) is 0 Å². The first-order valence-electron chi connectivity index (χ1n) is 4.48. The van der Waals surface area contributed by atoms with Crippen LogP contribution in [0.25, 0.3) is 0 Å². The molecule has 3 N–H and O–H groups in total. The van der Waals surface area contributed by atoms with Crippen LogP contribution in [0.1, 0.15) is 12.5 Å². The molecule has 1 amide bonds. The third kappa shape index (κ3) is 3.24. The maximum atomic E-state index is 13.0. The maximum absolute atomic E-state index is 13.0. The lowest BCUT2D eigenvalue weighted by molar-refractivity contribution is -0.118. The van der Waals surface area contributed by atoms with E-state index in [-0.39, 0.29) is 18.0 Å². The van der Waals surface area contributed by atoms with E-state index in [9.17, 15) is 13.6 Å². The number of nitrogens with one attached hydrogen (secondary N) is 1. The number of amides is 1. The number of anilines is 1. The number of carbonyl (C=O) groups is 1. The number of nitrogens with two attached hydrogens (primary N) is 1. The van der Waals surface area contributed by atoms with E-state index in [4.69, 9.17) is 5.73 Å². The summed E-state index contributed by atoms with van der Waals surface area (Å²) >= 11 is 0. The lowest BCUT2D eigenvalue weighted by Crippen LogP contribution is -2.19. The standard InChI is InChI=1S/C11H10F2N2O/c1-7(16)15-4-2-3-8-5-9(12)11(14)10(13)6-8/h5-6H,4,14H2,1H3,(H,15,16). The third-order valence-electron chi connectivity index (χ3n) is 1.74. The zero-order valence-corrected chi connectivity index (χ0v) is 8.60. The van der Waals surface area contributed by atoms with Gasteiger partial charge in [0.2, 0.25) is 5.91 Å². The van der Waals surface area contributed by atoms with Crippen molar-refractivity contribution >= 4 is 11.6 Å². The lowest BCUT2D eigenvalue weighted by atomic mass is 10.2. The van der Waals surface area contributed by atoms with Crippen LogP contribution in [0.3, 0.4) is 0 Å². The molecule has 0 atom stereocenters. The van der Waals surface area contributed by atoms with Gasteiger partial charge in [-0.25, -0.2) is 8.78 Å². The van der Waals surface area contributed by atoms with E-state index >= 15 is 0 Å². The zero-order valence-electron chi connectivity index (χ0n) is 8.60. The molecule has 0 bridgehead atoms. The molecule has 0 aliphatic carbocycles. The molecular weight excluding hydrogens is 214 g/mol. The van der Waals surface area contributed by atoms with Crippen LogP contribution in [0.4, 0.5) is 14.5 Å².